The predicted molar refractivity (Wildman–Crippen MR) is 113 cm³/mol. The maximum Gasteiger partial charge on any atom is 0.288 e. The van der Waals surface area contributed by atoms with Crippen molar-refractivity contribution in [1.29, 1.82) is 0 Å². The van der Waals surface area contributed by atoms with Crippen LogP contribution in [0.1, 0.15) is 30.9 Å². The summed E-state index contributed by atoms with van der Waals surface area (Å²) in [5.74, 6) is 0.377. The molecule has 0 N–H and O–H groups in total. The van der Waals surface area contributed by atoms with E-state index < -0.39 is 0 Å². The highest BCUT2D eigenvalue weighted by Crippen LogP contribution is 2.44. The van der Waals surface area contributed by atoms with Gasteiger partial charge in [0.15, 0.2) is 0 Å². The van der Waals surface area contributed by atoms with Gasteiger partial charge >= 0.3 is 0 Å². The quantitative estimate of drug-likeness (QED) is 0.774. The molecular formula is C24H28FN3O. The first-order valence-electron chi connectivity index (χ1n) is 10.6. The second kappa shape index (κ2) is 7.13. The molecule has 3 fully saturated rings. The zero-order chi connectivity index (χ0) is 20.0. The fourth-order valence-electron chi connectivity index (χ4n) is 5.56. The molecule has 0 amide bonds. The maximum atomic E-state index is 13.6. The molecule has 1 aromatic carbocycles. The molecule has 3 saturated heterocycles. The summed E-state index contributed by atoms with van der Waals surface area (Å²) in [7, 11) is 0. The Labute approximate surface area is 172 Å². The van der Waals surface area contributed by atoms with E-state index in [0.717, 1.165) is 36.7 Å². The Hall–Kier alpha value is -2.40. The van der Waals surface area contributed by atoms with Crippen LogP contribution in [0.2, 0.25) is 0 Å². The number of ether oxygens (including phenoxy) is 1. The summed E-state index contributed by atoms with van der Waals surface area (Å²) in [6.07, 6.45) is 7.10. The van der Waals surface area contributed by atoms with Crippen LogP contribution in [0.5, 0.6) is 0 Å². The molecule has 0 aromatic heterocycles. The molecule has 6 rings (SSSR count). The second-order valence-electron chi connectivity index (χ2n) is 8.62. The molecule has 4 nitrogen and oxygen atoms in total. The minimum atomic E-state index is -0.232. The Morgan fingerprint density at radius 1 is 1.10 bits per heavy atom. The molecule has 1 spiro atoms. The van der Waals surface area contributed by atoms with Crippen LogP contribution >= 0.6 is 0 Å². The summed E-state index contributed by atoms with van der Waals surface area (Å²) >= 11 is 0. The van der Waals surface area contributed by atoms with E-state index in [2.05, 4.69) is 23.0 Å². The second-order valence-corrected chi connectivity index (χ2v) is 8.62. The Morgan fingerprint density at radius 3 is 2.48 bits per heavy atom. The van der Waals surface area contributed by atoms with Crippen LogP contribution in [0, 0.1) is 11.7 Å². The van der Waals surface area contributed by atoms with Crippen molar-refractivity contribution in [3.05, 3.63) is 72.1 Å². The summed E-state index contributed by atoms with van der Waals surface area (Å²) in [6.45, 7) is 12.9. The van der Waals surface area contributed by atoms with Crippen molar-refractivity contribution < 1.29 is 9.13 Å². The molecule has 2 bridgehead atoms. The third-order valence-electron chi connectivity index (χ3n) is 7.11. The standard InChI is InChI=1S/C24H28FN3O/c1-3-17-9-14-28(22(21(17)4-2)18-5-7-20(25)8-6-18)23-26-24(16-29-23)15-27-12-10-19(24)11-13-27/h3-8,19,22H,1-2,9-16H2/t22-,24-/m0/s1. The van der Waals surface area contributed by atoms with Crippen molar-refractivity contribution in [2.45, 2.75) is 30.8 Å². The van der Waals surface area contributed by atoms with Crippen molar-refractivity contribution in [2.24, 2.45) is 10.9 Å². The highest BCUT2D eigenvalue weighted by Gasteiger charge is 2.51. The smallest absolute Gasteiger partial charge is 0.288 e. The van der Waals surface area contributed by atoms with E-state index in [4.69, 9.17) is 9.73 Å². The maximum absolute atomic E-state index is 13.6. The SMILES string of the molecule is C=CC1=C(C=C)[C@H](c2ccc(F)cc2)N(C2=N[C@]3(CO2)CN2CCC3CC2)CC1. The number of benzene rings is 1. The lowest BCUT2D eigenvalue weighted by Crippen LogP contribution is -2.58. The van der Waals surface area contributed by atoms with Crippen molar-refractivity contribution in [1.82, 2.24) is 9.80 Å². The third-order valence-corrected chi connectivity index (χ3v) is 7.11. The van der Waals surface area contributed by atoms with Gasteiger partial charge < -0.3 is 14.5 Å². The van der Waals surface area contributed by atoms with Gasteiger partial charge in [0.2, 0.25) is 0 Å². The molecule has 0 radical (unpaired) electrons. The molecule has 0 aliphatic carbocycles. The fourth-order valence-corrected chi connectivity index (χ4v) is 5.56. The summed E-state index contributed by atoms with van der Waals surface area (Å²) in [5, 5.41) is 0. The number of allylic oxidation sites excluding steroid dienone is 1. The third kappa shape index (κ3) is 3.03. The van der Waals surface area contributed by atoms with E-state index >= 15 is 0 Å². The topological polar surface area (TPSA) is 28.1 Å². The van der Waals surface area contributed by atoms with E-state index in [1.165, 1.54) is 43.6 Å². The zero-order valence-electron chi connectivity index (χ0n) is 16.8. The molecule has 0 saturated carbocycles. The molecule has 2 atom stereocenters. The van der Waals surface area contributed by atoms with Crippen LogP contribution < -0.4 is 0 Å². The summed E-state index contributed by atoms with van der Waals surface area (Å²) in [6, 6.07) is 7.37. The highest BCUT2D eigenvalue weighted by atomic mass is 19.1. The zero-order valence-corrected chi connectivity index (χ0v) is 16.8. The molecule has 5 aliphatic heterocycles. The van der Waals surface area contributed by atoms with Gasteiger partial charge in [-0.1, -0.05) is 37.4 Å². The van der Waals surface area contributed by atoms with E-state index in [-0.39, 0.29) is 17.4 Å². The normalized spacial score (nSPS) is 33.6. The number of hydrogen-bond donors (Lipinski definition) is 0. The van der Waals surface area contributed by atoms with Crippen LogP contribution in [-0.4, -0.2) is 54.1 Å². The molecule has 0 unspecified atom stereocenters. The monoisotopic (exact) mass is 393 g/mol. The van der Waals surface area contributed by atoms with Gasteiger partial charge in [0.1, 0.15) is 18.0 Å². The lowest BCUT2D eigenvalue weighted by Gasteiger charge is -2.48. The Bertz CT molecular complexity index is 882. The average Bonchev–Trinajstić information content (AvgIpc) is 3.17. The van der Waals surface area contributed by atoms with Gasteiger partial charge in [-0.15, -0.1) is 0 Å². The van der Waals surface area contributed by atoms with Crippen LogP contribution in [0.4, 0.5) is 4.39 Å². The Kier molecular flexibility index (Phi) is 4.58. The van der Waals surface area contributed by atoms with E-state index in [1.54, 1.807) is 0 Å². The van der Waals surface area contributed by atoms with E-state index in [0.29, 0.717) is 12.5 Å². The number of piperidine rings is 3. The lowest BCUT2D eigenvalue weighted by atomic mass is 9.74. The van der Waals surface area contributed by atoms with Gasteiger partial charge in [0, 0.05) is 13.1 Å². The van der Waals surface area contributed by atoms with E-state index in [9.17, 15) is 4.39 Å². The lowest BCUT2D eigenvalue weighted by molar-refractivity contribution is 0.0157. The van der Waals surface area contributed by atoms with Gasteiger partial charge in [-0.3, -0.25) is 0 Å². The largest absolute Gasteiger partial charge is 0.462 e. The number of nitrogens with zero attached hydrogens (tertiary/aromatic N) is 3. The minimum absolute atomic E-state index is 0.0927. The van der Waals surface area contributed by atoms with Crippen LogP contribution in [0.25, 0.3) is 0 Å². The van der Waals surface area contributed by atoms with Gasteiger partial charge in [0.05, 0.1) is 6.04 Å². The number of halogens is 1. The van der Waals surface area contributed by atoms with Crippen molar-refractivity contribution >= 4 is 6.02 Å². The molecule has 152 valence electrons. The first-order valence-corrected chi connectivity index (χ1v) is 10.6. The average molecular weight is 394 g/mol. The summed E-state index contributed by atoms with van der Waals surface area (Å²) < 4.78 is 19.9. The van der Waals surface area contributed by atoms with Crippen molar-refractivity contribution in [3.63, 3.8) is 0 Å². The number of hydrogen-bond acceptors (Lipinski definition) is 4. The van der Waals surface area contributed by atoms with Crippen LogP contribution in [0.3, 0.4) is 0 Å². The first kappa shape index (κ1) is 18.6. The van der Waals surface area contributed by atoms with Crippen molar-refractivity contribution in [3.8, 4) is 0 Å². The molecular weight excluding hydrogens is 365 g/mol. The predicted octanol–water partition coefficient (Wildman–Crippen LogP) is 4.09. The van der Waals surface area contributed by atoms with Crippen LogP contribution in [-0.2, 0) is 4.74 Å². The van der Waals surface area contributed by atoms with Crippen LogP contribution in [0.15, 0.2) is 65.7 Å². The van der Waals surface area contributed by atoms with Gasteiger partial charge in [0.25, 0.3) is 6.02 Å². The van der Waals surface area contributed by atoms with Gasteiger partial charge in [-0.05, 0) is 67.1 Å². The highest BCUT2D eigenvalue weighted by molar-refractivity contribution is 5.78. The van der Waals surface area contributed by atoms with Gasteiger partial charge in [-0.2, -0.15) is 0 Å². The van der Waals surface area contributed by atoms with Crippen molar-refractivity contribution in [2.75, 3.05) is 32.8 Å². The first-order chi connectivity index (χ1) is 14.1. The summed E-state index contributed by atoms with van der Waals surface area (Å²) in [5.41, 5.74) is 3.19. The minimum Gasteiger partial charge on any atom is -0.462 e. The Balaban J connectivity index is 1.54. The summed E-state index contributed by atoms with van der Waals surface area (Å²) in [4.78, 5) is 9.98. The molecule has 5 aliphatic rings. The van der Waals surface area contributed by atoms with Gasteiger partial charge in [-0.25, -0.2) is 9.38 Å². The molecule has 1 aromatic rings. The number of rotatable bonds is 3. The number of amidine groups is 1. The Morgan fingerprint density at radius 2 is 1.86 bits per heavy atom. The molecule has 5 heteroatoms. The molecule has 29 heavy (non-hydrogen) atoms. The van der Waals surface area contributed by atoms with E-state index in [1.807, 2.05) is 24.3 Å². The number of fused-ring (bicyclic) bond motifs is 2. The fraction of sp³-hybridized carbons (Fsp3) is 0.458. The molecule has 5 heterocycles. The number of aliphatic imine (C=N–C) groups is 1.